The van der Waals surface area contributed by atoms with Gasteiger partial charge in [-0.1, -0.05) is 53.9 Å². The van der Waals surface area contributed by atoms with Crippen LogP contribution in [0.3, 0.4) is 0 Å². The highest BCUT2D eigenvalue weighted by atomic mass is 17.1. The first-order valence-electron chi connectivity index (χ1n) is 14.4. The summed E-state index contributed by atoms with van der Waals surface area (Å²) in [4.78, 5) is 43.0. The highest BCUT2D eigenvalue weighted by Crippen LogP contribution is 2.69. The van der Waals surface area contributed by atoms with Crippen molar-refractivity contribution in [3.05, 3.63) is 23.3 Å². The van der Waals surface area contributed by atoms with E-state index >= 15 is 0 Å². The van der Waals surface area contributed by atoms with E-state index in [1.165, 1.54) is 26.7 Å². The second kappa shape index (κ2) is 10.5. The summed E-state index contributed by atoms with van der Waals surface area (Å²) in [6.45, 7) is 13.8. The van der Waals surface area contributed by atoms with Crippen molar-refractivity contribution >= 4 is 17.7 Å². The van der Waals surface area contributed by atoms with Crippen molar-refractivity contribution < 1.29 is 34.0 Å². The van der Waals surface area contributed by atoms with E-state index in [1.807, 2.05) is 6.92 Å². The zero-order valence-corrected chi connectivity index (χ0v) is 24.2. The number of ketones is 1. The molecule has 0 amide bonds. The van der Waals surface area contributed by atoms with Gasteiger partial charge in [0.1, 0.15) is 11.7 Å². The topological polar surface area (TPSA) is 99.1 Å². The number of hydrogen-bond donors (Lipinski definition) is 1. The summed E-state index contributed by atoms with van der Waals surface area (Å²) in [5.41, 5.74) is -0.368. The smallest absolute Gasteiger partial charge is 0.303 e. The Morgan fingerprint density at radius 1 is 1.05 bits per heavy atom. The van der Waals surface area contributed by atoms with Crippen molar-refractivity contribution in [2.75, 3.05) is 0 Å². The Labute approximate surface area is 227 Å². The lowest BCUT2D eigenvalue weighted by Crippen LogP contribution is -2.59. The Morgan fingerprint density at radius 2 is 1.74 bits per heavy atom. The Morgan fingerprint density at radius 3 is 2.34 bits per heavy atom. The minimum atomic E-state index is -0.916. The molecule has 0 radical (unpaired) electrons. The van der Waals surface area contributed by atoms with Crippen molar-refractivity contribution in [1.29, 1.82) is 0 Å². The zero-order chi connectivity index (χ0) is 28.0. The molecule has 0 aliphatic heterocycles. The summed E-state index contributed by atoms with van der Waals surface area (Å²) >= 11 is 0. The summed E-state index contributed by atoms with van der Waals surface area (Å²) in [6.07, 6.45) is 9.12. The molecule has 2 saturated carbocycles. The van der Waals surface area contributed by atoms with Crippen LogP contribution >= 0.6 is 0 Å². The van der Waals surface area contributed by atoms with E-state index in [0.29, 0.717) is 36.2 Å². The van der Waals surface area contributed by atoms with Gasteiger partial charge in [-0.3, -0.25) is 19.6 Å². The van der Waals surface area contributed by atoms with Crippen molar-refractivity contribution in [3.63, 3.8) is 0 Å². The molecule has 1 N–H and O–H groups in total. The molecular weight excluding hydrogens is 484 g/mol. The molecule has 7 heteroatoms. The number of carbonyl (C=O) groups excluding carboxylic acids is 3. The van der Waals surface area contributed by atoms with Crippen molar-refractivity contribution in [3.8, 4) is 0 Å². The van der Waals surface area contributed by atoms with Crippen LogP contribution in [0.4, 0.5) is 0 Å². The SMILES string of the molecule is CC(=O)O[C@H]1C[C@@]2(C)C(=C[C@H]1OC(C)=O)C(=O)C=C1[C@@H]2CC[C@]2(C)[C@@H]([C@H](C)CCCC(C)C)CC[C@@]12OO. The van der Waals surface area contributed by atoms with Gasteiger partial charge in [0.15, 0.2) is 11.9 Å². The molecule has 0 saturated heterocycles. The van der Waals surface area contributed by atoms with E-state index in [0.717, 1.165) is 31.3 Å². The number of allylic oxidation sites excluding steroid dienone is 2. The molecule has 0 aromatic heterocycles. The lowest BCUT2D eigenvalue weighted by Gasteiger charge is -2.58. The standard InChI is InChI=1S/C31H46O7/c1-18(2)9-8-10-19(3)22-12-14-31(38-35)24-15-26(34)25-16-27(36-20(4)32)28(37-21(5)33)17-29(25,6)23(24)11-13-30(22,31)7/h15-16,18-19,22-23,27-28,35H,8-14,17H2,1-7H3/t19-,22-,23+,27-,28+,29-,30-,31-/m1/s1. The quantitative estimate of drug-likeness (QED) is 0.226. The van der Waals surface area contributed by atoms with Crippen LogP contribution in [-0.2, 0) is 28.7 Å². The van der Waals surface area contributed by atoms with Gasteiger partial charge in [0.05, 0.1) is 0 Å². The van der Waals surface area contributed by atoms with Crippen LogP contribution in [0.5, 0.6) is 0 Å². The van der Waals surface area contributed by atoms with Gasteiger partial charge in [0.2, 0.25) is 0 Å². The summed E-state index contributed by atoms with van der Waals surface area (Å²) in [6, 6.07) is 0. The molecule has 0 aromatic carbocycles. The van der Waals surface area contributed by atoms with Gasteiger partial charge in [-0.05, 0) is 73.5 Å². The summed E-state index contributed by atoms with van der Waals surface area (Å²) in [7, 11) is 0. The molecule has 0 aromatic rings. The van der Waals surface area contributed by atoms with Crippen LogP contribution in [0.1, 0.15) is 99.8 Å². The number of ether oxygens (including phenoxy) is 2. The largest absolute Gasteiger partial charge is 0.458 e. The molecule has 4 rings (SSSR count). The first-order chi connectivity index (χ1) is 17.8. The molecule has 4 aliphatic rings. The molecule has 212 valence electrons. The average molecular weight is 531 g/mol. The van der Waals surface area contributed by atoms with Crippen molar-refractivity contribution in [1.82, 2.24) is 0 Å². The third kappa shape index (κ3) is 4.68. The lowest BCUT2D eigenvalue weighted by molar-refractivity contribution is -0.345. The molecule has 2 fully saturated rings. The minimum absolute atomic E-state index is 0.0574. The van der Waals surface area contributed by atoms with Crippen LogP contribution in [0.2, 0.25) is 0 Å². The third-order valence-corrected chi connectivity index (χ3v) is 10.5. The van der Waals surface area contributed by atoms with E-state index in [4.69, 9.17) is 14.4 Å². The number of fused-ring (bicyclic) bond motifs is 5. The molecule has 0 unspecified atom stereocenters. The maximum Gasteiger partial charge on any atom is 0.303 e. The molecule has 8 atom stereocenters. The third-order valence-electron chi connectivity index (χ3n) is 10.5. The Bertz CT molecular complexity index is 1030. The van der Waals surface area contributed by atoms with Gasteiger partial charge in [-0.2, -0.15) is 0 Å². The van der Waals surface area contributed by atoms with Crippen LogP contribution in [0, 0.1) is 34.5 Å². The maximum absolute atomic E-state index is 13.7. The summed E-state index contributed by atoms with van der Waals surface area (Å²) in [5.74, 6) is 0.409. The maximum atomic E-state index is 13.7. The predicted octanol–water partition coefficient (Wildman–Crippen LogP) is 6.21. The monoisotopic (exact) mass is 530 g/mol. The number of esters is 2. The van der Waals surface area contributed by atoms with Crippen LogP contribution in [0.15, 0.2) is 23.3 Å². The first kappa shape index (κ1) is 29.0. The fourth-order valence-corrected chi connectivity index (χ4v) is 8.69. The first-order valence-corrected chi connectivity index (χ1v) is 14.4. The Kier molecular flexibility index (Phi) is 8.04. The van der Waals surface area contributed by atoms with E-state index in [2.05, 4.69) is 27.7 Å². The Hall–Kier alpha value is -1.99. The van der Waals surface area contributed by atoms with Gasteiger partial charge in [-0.15, -0.1) is 0 Å². The van der Waals surface area contributed by atoms with Crippen LogP contribution < -0.4 is 0 Å². The van der Waals surface area contributed by atoms with E-state index in [-0.39, 0.29) is 17.1 Å². The second-order valence-electron chi connectivity index (χ2n) is 13.3. The molecule has 38 heavy (non-hydrogen) atoms. The number of carbonyl (C=O) groups is 3. The van der Waals surface area contributed by atoms with E-state index < -0.39 is 35.2 Å². The number of hydrogen-bond acceptors (Lipinski definition) is 7. The Balaban J connectivity index is 1.70. The molecule has 0 spiro atoms. The predicted molar refractivity (Wildman–Crippen MR) is 143 cm³/mol. The fourth-order valence-electron chi connectivity index (χ4n) is 8.69. The second-order valence-corrected chi connectivity index (χ2v) is 13.3. The van der Waals surface area contributed by atoms with Gasteiger partial charge in [-0.25, -0.2) is 4.89 Å². The summed E-state index contributed by atoms with van der Waals surface area (Å²) < 4.78 is 11.1. The minimum Gasteiger partial charge on any atom is -0.458 e. The normalized spacial score (nSPS) is 38.9. The van der Waals surface area contributed by atoms with Gasteiger partial charge < -0.3 is 9.47 Å². The van der Waals surface area contributed by atoms with Crippen molar-refractivity contribution in [2.24, 2.45) is 34.5 Å². The highest BCUT2D eigenvalue weighted by Gasteiger charge is 2.68. The summed E-state index contributed by atoms with van der Waals surface area (Å²) in [5, 5.41) is 10.6. The molecule has 0 heterocycles. The van der Waals surface area contributed by atoms with E-state index in [9.17, 15) is 19.6 Å². The van der Waals surface area contributed by atoms with Gasteiger partial charge in [0, 0.05) is 30.3 Å². The molecule has 7 nitrogen and oxygen atoms in total. The number of rotatable bonds is 8. The zero-order valence-electron chi connectivity index (χ0n) is 24.2. The molecule has 4 aliphatic carbocycles. The molecular formula is C31H46O7. The van der Waals surface area contributed by atoms with Crippen LogP contribution in [0.25, 0.3) is 0 Å². The fraction of sp³-hybridized carbons (Fsp3) is 0.774. The lowest BCUT2D eigenvalue weighted by atomic mass is 9.47. The van der Waals surface area contributed by atoms with Gasteiger partial charge >= 0.3 is 11.9 Å². The van der Waals surface area contributed by atoms with Crippen molar-refractivity contribution in [2.45, 2.75) is 118 Å². The van der Waals surface area contributed by atoms with Gasteiger partial charge in [0.25, 0.3) is 0 Å². The highest BCUT2D eigenvalue weighted by molar-refractivity contribution is 6.07. The average Bonchev–Trinajstić information content (AvgIpc) is 3.13. The molecule has 0 bridgehead atoms. The van der Waals surface area contributed by atoms with Crippen LogP contribution in [-0.4, -0.2) is 40.8 Å². The van der Waals surface area contributed by atoms with E-state index in [1.54, 1.807) is 12.2 Å².